The van der Waals surface area contributed by atoms with E-state index in [1.807, 2.05) is 0 Å². The lowest BCUT2D eigenvalue weighted by Gasteiger charge is -2.36. The zero-order valence-corrected chi connectivity index (χ0v) is 12.4. The maximum absolute atomic E-state index is 12.0. The van der Waals surface area contributed by atoms with Crippen molar-refractivity contribution in [1.29, 1.82) is 0 Å². The van der Waals surface area contributed by atoms with Gasteiger partial charge in [0.15, 0.2) is 0 Å². The second-order valence-electron chi connectivity index (χ2n) is 6.04. The molecule has 0 heterocycles. The van der Waals surface area contributed by atoms with Gasteiger partial charge in [-0.05, 0) is 37.0 Å². The van der Waals surface area contributed by atoms with Crippen LogP contribution in [0.25, 0.3) is 0 Å². The Morgan fingerprint density at radius 2 is 2.00 bits per heavy atom. The molecule has 1 unspecified atom stereocenters. The van der Waals surface area contributed by atoms with Crippen molar-refractivity contribution in [3.63, 3.8) is 0 Å². The fourth-order valence-electron chi connectivity index (χ4n) is 2.91. The van der Waals surface area contributed by atoms with Crippen molar-refractivity contribution in [3.8, 4) is 0 Å². The average Bonchev–Trinajstić information content (AvgIpc) is 3.20. The number of alkyl halides is 1. The van der Waals surface area contributed by atoms with E-state index in [0.717, 1.165) is 11.9 Å². The smallest absolute Gasteiger partial charge is 0.223 e. The third-order valence-corrected chi connectivity index (χ3v) is 5.77. The lowest BCUT2D eigenvalue weighted by atomic mass is 9.75. The molecule has 2 fully saturated rings. The zero-order chi connectivity index (χ0) is 12.3. The van der Waals surface area contributed by atoms with Gasteiger partial charge in [-0.3, -0.25) is 4.79 Å². The molecule has 2 aliphatic rings. The molecule has 0 spiro atoms. The molecule has 0 bridgehead atoms. The Morgan fingerprint density at radius 1 is 1.35 bits per heavy atom. The van der Waals surface area contributed by atoms with Crippen molar-refractivity contribution >= 4 is 21.8 Å². The van der Waals surface area contributed by atoms with E-state index in [2.05, 4.69) is 28.2 Å². The molecule has 0 aromatic heterocycles. The summed E-state index contributed by atoms with van der Waals surface area (Å²) >= 11 is 3.65. The summed E-state index contributed by atoms with van der Waals surface area (Å²) in [4.78, 5) is 12.0. The summed E-state index contributed by atoms with van der Waals surface area (Å²) in [6, 6.07) is 0. The number of hydrogen-bond donors (Lipinski definition) is 1. The molecule has 2 nitrogen and oxygen atoms in total. The Balaban J connectivity index is 1.80. The molecule has 0 aromatic carbocycles. The van der Waals surface area contributed by atoms with Crippen molar-refractivity contribution in [2.45, 2.75) is 51.9 Å². The Kier molecular flexibility index (Phi) is 4.51. The SMILES string of the molecule is CC(C(=O)NCC1(CBr)CCCCC1)C1CC1. The van der Waals surface area contributed by atoms with Gasteiger partial charge in [0.1, 0.15) is 0 Å². The quantitative estimate of drug-likeness (QED) is 0.774. The van der Waals surface area contributed by atoms with Gasteiger partial charge in [0.2, 0.25) is 5.91 Å². The van der Waals surface area contributed by atoms with Crippen LogP contribution in [0.4, 0.5) is 0 Å². The molecule has 1 amide bonds. The van der Waals surface area contributed by atoms with Gasteiger partial charge in [-0.15, -0.1) is 0 Å². The first-order valence-corrected chi connectivity index (χ1v) is 8.13. The standard InChI is InChI=1S/C14H24BrNO/c1-11(12-5-6-12)13(17)16-10-14(9-15)7-3-2-4-8-14/h11-12H,2-10H2,1H3,(H,16,17). The highest BCUT2D eigenvalue weighted by Gasteiger charge is 2.35. The van der Waals surface area contributed by atoms with Crippen LogP contribution in [0.3, 0.4) is 0 Å². The van der Waals surface area contributed by atoms with E-state index >= 15 is 0 Å². The van der Waals surface area contributed by atoms with Gasteiger partial charge in [0, 0.05) is 17.8 Å². The second kappa shape index (κ2) is 5.73. The predicted molar refractivity (Wildman–Crippen MR) is 74.2 cm³/mol. The molecule has 2 saturated carbocycles. The van der Waals surface area contributed by atoms with Gasteiger partial charge in [-0.25, -0.2) is 0 Å². The summed E-state index contributed by atoms with van der Waals surface area (Å²) < 4.78 is 0. The molecule has 2 aliphatic carbocycles. The number of carbonyl (C=O) groups is 1. The number of halogens is 1. The van der Waals surface area contributed by atoms with E-state index in [1.54, 1.807) is 0 Å². The molecule has 2 rings (SSSR count). The molecule has 98 valence electrons. The molecule has 0 saturated heterocycles. The van der Waals surface area contributed by atoms with E-state index in [0.29, 0.717) is 11.3 Å². The molecule has 0 aromatic rings. The van der Waals surface area contributed by atoms with E-state index in [9.17, 15) is 4.79 Å². The van der Waals surface area contributed by atoms with Crippen molar-refractivity contribution < 1.29 is 4.79 Å². The molecule has 1 N–H and O–H groups in total. The fraction of sp³-hybridized carbons (Fsp3) is 0.929. The molecule has 1 atom stereocenters. The lowest BCUT2D eigenvalue weighted by Crippen LogP contribution is -2.42. The van der Waals surface area contributed by atoms with Gasteiger partial charge in [0.05, 0.1) is 0 Å². The Bertz CT molecular complexity index is 269. The minimum atomic E-state index is 0.228. The maximum Gasteiger partial charge on any atom is 0.223 e. The maximum atomic E-state index is 12.0. The topological polar surface area (TPSA) is 29.1 Å². The van der Waals surface area contributed by atoms with Gasteiger partial charge in [0.25, 0.3) is 0 Å². The van der Waals surface area contributed by atoms with E-state index in [1.165, 1.54) is 44.9 Å². The summed E-state index contributed by atoms with van der Waals surface area (Å²) in [6.07, 6.45) is 9.02. The van der Waals surface area contributed by atoms with Gasteiger partial charge >= 0.3 is 0 Å². The van der Waals surface area contributed by atoms with E-state index < -0.39 is 0 Å². The van der Waals surface area contributed by atoms with Crippen LogP contribution in [0, 0.1) is 17.3 Å². The van der Waals surface area contributed by atoms with Crippen LogP contribution < -0.4 is 5.32 Å². The number of amides is 1. The number of rotatable bonds is 5. The molecular formula is C14H24BrNO. The third-order valence-electron chi connectivity index (χ3n) is 4.58. The van der Waals surface area contributed by atoms with Crippen LogP contribution in [-0.2, 0) is 4.79 Å². The fourth-order valence-corrected chi connectivity index (χ4v) is 3.66. The monoisotopic (exact) mass is 301 g/mol. The normalized spacial score (nSPS) is 25.3. The highest BCUT2D eigenvalue weighted by Crippen LogP contribution is 2.38. The van der Waals surface area contributed by atoms with Crippen LogP contribution >= 0.6 is 15.9 Å². The predicted octanol–water partition coefficient (Wildman–Crippen LogP) is 3.49. The van der Waals surface area contributed by atoms with Crippen molar-refractivity contribution in [1.82, 2.24) is 5.32 Å². The molecule has 0 radical (unpaired) electrons. The number of hydrogen-bond acceptors (Lipinski definition) is 1. The molecular weight excluding hydrogens is 278 g/mol. The first-order valence-electron chi connectivity index (χ1n) is 7.01. The summed E-state index contributed by atoms with van der Waals surface area (Å²) in [7, 11) is 0. The lowest BCUT2D eigenvalue weighted by molar-refractivity contribution is -0.125. The third kappa shape index (κ3) is 3.46. The Labute approximate surface area is 113 Å². The minimum absolute atomic E-state index is 0.228. The second-order valence-corrected chi connectivity index (χ2v) is 6.60. The van der Waals surface area contributed by atoms with Crippen LogP contribution in [0.1, 0.15) is 51.9 Å². The van der Waals surface area contributed by atoms with E-state index in [-0.39, 0.29) is 11.8 Å². The van der Waals surface area contributed by atoms with Crippen molar-refractivity contribution in [2.75, 3.05) is 11.9 Å². The van der Waals surface area contributed by atoms with Crippen LogP contribution in [-0.4, -0.2) is 17.8 Å². The first-order chi connectivity index (χ1) is 8.17. The Morgan fingerprint density at radius 3 is 2.53 bits per heavy atom. The highest BCUT2D eigenvalue weighted by molar-refractivity contribution is 9.09. The zero-order valence-electron chi connectivity index (χ0n) is 10.8. The highest BCUT2D eigenvalue weighted by atomic mass is 79.9. The van der Waals surface area contributed by atoms with Crippen LogP contribution in [0.15, 0.2) is 0 Å². The molecule has 3 heteroatoms. The summed E-state index contributed by atoms with van der Waals surface area (Å²) in [5, 5.41) is 4.22. The summed E-state index contributed by atoms with van der Waals surface area (Å²) in [5.41, 5.74) is 0.331. The minimum Gasteiger partial charge on any atom is -0.355 e. The Hall–Kier alpha value is -0.0500. The van der Waals surface area contributed by atoms with Crippen LogP contribution in [0.5, 0.6) is 0 Å². The molecule has 17 heavy (non-hydrogen) atoms. The van der Waals surface area contributed by atoms with E-state index in [4.69, 9.17) is 0 Å². The summed E-state index contributed by atoms with van der Waals surface area (Å²) in [5.74, 6) is 1.17. The van der Waals surface area contributed by atoms with Crippen molar-refractivity contribution in [2.24, 2.45) is 17.3 Å². The van der Waals surface area contributed by atoms with Gasteiger partial charge in [-0.1, -0.05) is 42.1 Å². The van der Waals surface area contributed by atoms with Crippen LogP contribution in [0.2, 0.25) is 0 Å². The first kappa shape index (κ1) is 13.4. The summed E-state index contributed by atoms with van der Waals surface area (Å²) in [6.45, 7) is 2.95. The van der Waals surface area contributed by atoms with Gasteiger partial charge < -0.3 is 5.32 Å². The number of nitrogens with one attached hydrogen (secondary N) is 1. The van der Waals surface area contributed by atoms with Crippen molar-refractivity contribution in [3.05, 3.63) is 0 Å². The molecule has 0 aliphatic heterocycles. The number of carbonyl (C=O) groups excluding carboxylic acids is 1. The van der Waals surface area contributed by atoms with Gasteiger partial charge in [-0.2, -0.15) is 0 Å². The average molecular weight is 302 g/mol. The largest absolute Gasteiger partial charge is 0.355 e.